The largest absolute Gasteiger partial charge is 0.302 e. The topological polar surface area (TPSA) is 89.8 Å². The molecule has 0 saturated carbocycles. The molecule has 2 aromatic carbocycles. The minimum absolute atomic E-state index is 0.198. The van der Waals surface area contributed by atoms with Gasteiger partial charge in [-0.25, -0.2) is 13.1 Å². The van der Waals surface area contributed by atoms with Gasteiger partial charge in [0.1, 0.15) is 5.69 Å². The summed E-state index contributed by atoms with van der Waals surface area (Å²) < 4.78 is 27.7. The number of nitrogens with one attached hydrogen (secondary N) is 1. The Balaban J connectivity index is 1.60. The number of pyridine rings is 1. The molecule has 4 aromatic rings. The molecule has 0 radical (unpaired) electrons. The molecule has 4 rings (SSSR count). The molecule has 0 amide bonds. The fourth-order valence-corrected chi connectivity index (χ4v) is 6.16. The van der Waals surface area contributed by atoms with Gasteiger partial charge in [-0.05, 0) is 55.2 Å². The summed E-state index contributed by atoms with van der Waals surface area (Å²) in [6.07, 6.45) is 6.15. The summed E-state index contributed by atoms with van der Waals surface area (Å²) in [4.78, 5) is 4.61. The van der Waals surface area contributed by atoms with Gasteiger partial charge < -0.3 is 5.32 Å². The van der Waals surface area contributed by atoms with Crippen molar-refractivity contribution in [3.63, 3.8) is 0 Å². The van der Waals surface area contributed by atoms with Crippen molar-refractivity contribution in [3.05, 3.63) is 94.8 Å². The highest BCUT2D eigenvalue weighted by Gasteiger charge is 2.34. The van der Waals surface area contributed by atoms with Crippen LogP contribution in [0.3, 0.4) is 0 Å². The first-order valence-corrected chi connectivity index (χ1v) is 15.2. The Labute approximate surface area is 236 Å². The van der Waals surface area contributed by atoms with Crippen molar-refractivity contribution in [1.82, 2.24) is 25.3 Å². The van der Waals surface area contributed by atoms with E-state index < -0.39 is 21.4 Å². The van der Waals surface area contributed by atoms with Crippen LogP contribution >= 0.6 is 11.6 Å². The van der Waals surface area contributed by atoms with E-state index in [9.17, 15) is 8.42 Å². The summed E-state index contributed by atoms with van der Waals surface area (Å²) in [5, 5.41) is 15.1. The van der Waals surface area contributed by atoms with E-state index in [-0.39, 0.29) is 15.8 Å². The van der Waals surface area contributed by atoms with Crippen molar-refractivity contribution in [3.8, 4) is 0 Å². The van der Waals surface area contributed by atoms with E-state index >= 15 is 0 Å². The van der Waals surface area contributed by atoms with Gasteiger partial charge in [0.15, 0.2) is 0 Å². The molecule has 0 spiro atoms. The van der Waals surface area contributed by atoms with Crippen molar-refractivity contribution < 1.29 is 8.42 Å². The maximum atomic E-state index is 13.0. The lowest BCUT2D eigenvalue weighted by Gasteiger charge is -2.33. The van der Waals surface area contributed by atoms with Gasteiger partial charge in [-0.1, -0.05) is 80.8 Å². The third-order valence-corrected chi connectivity index (χ3v) is 9.32. The molecular weight excluding hydrogens is 530 g/mol. The molecule has 2 aromatic heterocycles. The molecular formula is C30H36ClN5O2S. The van der Waals surface area contributed by atoms with Crippen molar-refractivity contribution in [2.24, 2.45) is 5.92 Å². The first kappa shape index (κ1) is 28.9. The highest BCUT2D eigenvalue weighted by atomic mass is 35.5. The number of hydrogen-bond acceptors (Lipinski definition) is 6. The summed E-state index contributed by atoms with van der Waals surface area (Å²) >= 11 is 6.70. The maximum Gasteiger partial charge on any atom is 0.201 e. The van der Waals surface area contributed by atoms with Crippen LogP contribution in [0.25, 0.3) is 10.9 Å². The fraction of sp³-hybridized carbons (Fsp3) is 0.367. The SMILES string of the molecule is CCCC[C@@H](/C(Cl)=C/S(=O)(=O)c1ccccc1)n1cc([C@@](C)(NCc2ccc3ncccc3c2)C(C)C)nn1. The van der Waals surface area contributed by atoms with Crippen LogP contribution in [0.4, 0.5) is 0 Å². The number of benzene rings is 2. The molecule has 206 valence electrons. The fourth-order valence-electron chi connectivity index (χ4n) is 4.48. The van der Waals surface area contributed by atoms with Gasteiger partial charge in [0.2, 0.25) is 9.84 Å². The zero-order valence-electron chi connectivity index (χ0n) is 22.9. The van der Waals surface area contributed by atoms with Crippen LogP contribution in [0.5, 0.6) is 0 Å². The molecule has 2 atom stereocenters. The zero-order chi connectivity index (χ0) is 28.0. The van der Waals surface area contributed by atoms with Crippen LogP contribution in [-0.2, 0) is 21.9 Å². The number of nitrogens with zero attached hydrogens (tertiary/aromatic N) is 4. The first-order chi connectivity index (χ1) is 18.6. The third kappa shape index (κ3) is 6.75. The van der Waals surface area contributed by atoms with E-state index in [1.54, 1.807) is 41.2 Å². The van der Waals surface area contributed by atoms with E-state index in [1.807, 2.05) is 18.3 Å². The first-order valence-electron chi connectivity index (χ1n) is 13.3. The van der Waals surface area contributed by atoms with Gasteiger partial charge in [-0.2, -0.15) is 0 Å². The van der Waals surface area contributed by atoms with Crippen LogP contribution in [-0.4, -0.2) is 28.4 Å². The van der Waals surface area contributed by atoms with Crippen molar-refractivity contribution in [2.75, 3.05) is 0 Å². The smallest absolute Gasteiger partial charge is 0.201 e. The quantitative estimate of drug-likeness (QED) is 0.204. The average molecular weight is 566 g/mol. The Morgan fingerprint density at radius 2 is 1.90 bits per heavy atom. The second-order valence-corrected chi connectivity index (χ2v) is 12.6. The second kappa shape index (κ2) is 12.4. The summed E-state index contributed by atoms with van der Waals surface area (Å²) in [6, 6.07) is 18.1. The number of aromatic nitrogens is 4. The summed E-state index contributed by atoms with van der Waals surface area (Å²) in [7, 11) is -3.70. The van der Waals surface area contributed by atoms with Crippen LogP contribution in [0.15, 0.2) is 88.4 Å². The zero-order valence-corrected chi connectivity index (χ0v) is 24.5. The van der Waals surface area contributed by atoms with Gasteiger partial charge in [-0.3, -0.25) is 4.98 Å². The summed E-state index contributed by atoms with van der Waals surface area (Å²) in [6.45, 7) is 9.13. The molecule has 2 heterocycles. The Hall–Kier alpha value is -3.07. The second-order valence-electron chi connectivity index (χ2n) is 10.3. The number of fused-ring (bicyclic) bond motifs is 1. The van der Waals surface area contributed by atoms with E-state index in [0.717, 1.165) is 40.4 Å². The Morgan fingerprint density at radius 1 is 1.13 bits per heavy atom. The van der Waals surface area contributed by atoms with Gasteiger partial charge in [0, 0.05) is 18.1 Å². The molecule has 0 bridgehead atoms. The van der Waals surface area contributed by atoms with E-state index in [4.69, 9.17) is 11.6 Å². The molecule has 0 aliphatic rings. The predicted molar refractivity (Wildman–Crippen MR) is 157 cm³/mol. The monoisotopic (exact) mass is 565 g/mol. The van der Waals surface area contributed by atoms with Gasteiger partial charge in [0.25, 0.3) is 0 Å². The van der Waals surface area contributed by atoms with Crippen molar-refractivity contribution >= 4 is 32.3 Å². The lowest BCUT2D eigenvalue weighted by Crippen LogP contribution is -2.44. The minimum atomic E-state index is -3.70. The van der Waals surface area contributed by atoms with Crippen molar-refractivity contribution in [1.29, 1.82) is 0 Å². The molecule has 39 heavy (non-hydrogen) atoms. The lowest BCUT2D eigenvalue weighted by molar-refractivity contribution is 0.255. The average Bonchev–Trinajstić information content (AvgIpc) is 3.42. The Morgan fingerprint density at radius 3 is 2.62 bits per heavy atom. The third-order valence-electron chi connectivity index (χ3n) is 7.33. The maximum absolute atomic E-state index is 13.0. The minimum Gasteiger partial charge on any atom is -0.302 e. The highest BCUT2D eigenvalue weighted by molar-refractivity contribution is 7.94. The Bertz CT molecular complexity index is 1540. The number of hydrogen-bond donors (Lipinski definition) is 1. The predicted octanol–water partition coefficient (Wildman–Crippen LogP) is 6.77. The molecule has 0 unspecified atom stereocenters. The number of halogens is 1. The number of sulfone groups is 1. The number of unbranched alkanes of at least 4 members (excludes halogenated alkanes) is 1. The highest BCUT2D eigenvalue weighted by Crippen LogP contribution is 2.32. The summed E-state index contributed by atoms with van der Waals surface area (Å²) in [5.41, 5.74) is 2.40. The normalized spacial score (nSPS) is 15.0. The number of rotatable bonds is 12. The molecule has 0 aliphatic carbocycles. The molecule has 0 fully saturated rings. The molecule has 0 saturated heterocycles. The van der Waals surface area contributed by atoms with Gasteiger partial charge >= 0.3 is 0 Å². The van der Waals surface area contributed by atoms with Crippen molar-refractivity contribution in [2.45, 2.75) is 70.0 Å². The molecule has 1 N–H and O–H groups in total. The Kier molecular flexibility index (Phi) is 9.20. The van der Waals surface area contributed by atoms with Gasteiger partial charge in [-0.15, -0.1) is 5.10 Å². The summed E-state index contributed by atoms with van der Waals surface area (Å²) in [5.74, 6) is 0.198. The molecule has 7 nitrogen and oxygen atoms in total. The standard InChI is InChI=1S/C30H36ClN5O2S/c1-5-6-14-28(26(31)21-39(37,38)25-12-8-7-9-13-25)36-20-29(34-35-36)30(4,22(2)3)33-19-23-15-16-27-24(18-23)11-10-17-32-27/h7-13,15-18,20-22,28,33H,5-6,14,19H2,1-4H3/b26-21-/t28-,30-/m0/s1. The lowest BCUT2D eigenvalue weighted by atomic mass is 9.85. The van der Waals surface area contributed by atoms with Crippen LogP contribution in [0.2, 0.25) is 0 Å². The van der Waals surface area contributed by atoms with E-state index in [2.05, 4.69) is 66.5 Å². The van der Waals surface area contributed by atoms with Crippen LogP contribution in [0, 0.1) is 5.92 Å². The number of allylic oxidation sites excluding steroid dienone is 1. The van der Waals surface area contributed by atoms with E-state index in [1.165, 1.54) is 0 Å². The van der Waals surface area contributed by atoms with Crippen LogP contribution < -0.4 is 5.32 Å². The molecule has 0 aliphatic heterocycles. The van der Waals surface area contributed by atoms with E-state index in [0.29, 0.717) is 13.0 Å². The molecule has 9 heteroatoms. The van der Waals surface area contributed by atoms with Gasteiger partial charge in [0.05, 0.1) is 38.6 Å². The van der Waals surface area contributed by atoms with Crippen LogP contribution in [0.1, 0.15) is 64.3 Å².